The summed E-state index contributed by atoms with van der Waals surface area (Å²) < 4.78 is 49.4. The van der Waals surface area contributed by atoms with Crippen LogP contribution in [-0.2, 0) is 15.7 Å². The van der Waals surface area contributed by atoms with Crippen LogP contribution in [0.4, 0.5) is 18.0 Å². The smallest absolute Gasteiger partial charge is 0.416 e. The van der Waals surface area contributed by atoms with Gasteiger partial charge in [0.25, 0.3) is 0 Å². The molecule has 2 aromatic rings. The highest BCUT2D eigenvalue weighted by molar-refractivity contribution is 6.33. The first-order valence-corrected chi connectivity index (χ1v) is 8.33. The number of amides is 2. The molecule has 0 fully saturated rings. The number of furan rings is 1. The maximum absolute atomic E-state index is 13.0. The molecular formula is C18H14ClF3N2O4. The summed E-state index contributed by atoms with van der Waals surface area (Å²) in [6.07, 6.45) is -4.55. The highest BCUT2D eigenvalue weighted by atomic mass is 35.5. The summed E-state index contributed by atoms with van der Waals surface area (Å²) in [4.78, 5) is 23.9. The number of esters is 1. The van der Waals surface area contributed by atoms with Crippen molar-refractivity contribution in [2.45, 2.75) is 19.1 Å². The molecule has 1 aliphatic heterocycles. The Kier molecular flexibility index (Phi) is 5.12. The first-order chi connectivity index (χ1) is 13.1. The van der Waals surface area contributed by atoms with Gasteiger partial charge in [0.15, 0.2) is 0 Å². The highest BCUT2D eigenvalue weighted by Gasteiger charge is 2.35. The van der Waals surface area contributed by atoms with Gasteiger partial charge in [-0.2, -0.15) is 13.2 Å². The number of nitrogens with one attached hydrogen (secondary N) is 2. The number of halogens is 4. The van der Waals surface area contributed by atoms with Crippen molar-refractivity contribution in [3.8, 4) is 11.3 Å². The van der Waals surface area contributed by atoms with Gasteiger partial charge in [-0.1, -0.05) is 11.6 Å². The lowest BCUT2D eigenvalue weighted by Gasteiger charge is -2.26. The second kappa shape index (κ2) is 7.23. The lowest BCUT2D eigenvalue weighted by atomic mass is 10.0. The number of carbonyl (C=O) groups excluding carboxylic acids is 2. The second-order valence-corrected chi connectivity index (χ2v) is 6.36. The quantitative estimate of drug-likeness (QED) is 0.728. The molecule has 6 nitrogen and oxygen atoms in total. The van der Waals surface area contributed by atoms with Crippen molar-refractivity contribution in [3.63, 3.8) is 0 Å². The van der Waals surface area contributed by atoms with E-state index in [1.807, 2.05) is 0 Å². The molecule has 0 spiro atoms. The summed E-state index contributed by atoms with van der Waals surface area (Å²) in [5, 5.41) is 5.04. The maximum Gasteiger partial charge on any atom is 0.416 e. The molecule has 148 valence electrons. The van der Waals surface area contributed by atoms with Crippen molar-refractivity contribution in [3.05, 3.63) is 57.9 Å². The van der Waals surface area contributed by atoms with Gasteiger partial charge in [-0.3, -0.25) is 0 Å². The Hall–Kier alpha value is -2.94. The molecule has 1 aromatic heterocycles. The fraction of sp³-hybridized carbons (Fsp3) is 0.222. The third-order valence-electron chi connectivity index (χ3n) is 4.14. The number of hydrogen-bond donors (Lipinski definition) is 2. The van der Waals surface area contributed by atoms with Crippen LogP contribution < -0.4 is 10.6 Å². The molecule has 10 heteroatoms. The van der Waals surface area contributed by atoms with E-state index in [2.05, 4.69) is 10.6 Å². The van der Waals surface area contributed by atoms with Gasteiger partial charge in [-0.15, -0.1) is 0 Å². The average molecular weight is 415 g/mol. The summed E-state index contributed by atoms with van der Waals surface area (Å²) in [7, 11) is 1.19. The highest BCUT2D eigenvalue weighted by Crippen LogP contribution is 2.38. The Bertz CT molecular complexity index is 981. The van der Waals surface area contributed by atoms with Gasteiger partial charge in [0, 0.05) is 11.3 Å². The van der Waals surface area contributed by atoms with Crippen molar-refractivity contribution in [1.82, 2.24) is 10.6 Å². The summed E-state index contributed by atoms with van der Waals surface area (Å²) in [6.45, 7) is 1.52. The van der Waals surface area contributed by atoms with Crippen LogP contribution in [0.1, 0.15) is 24.3 Å². The van der Waals surface area contributed by atoms with E-state index in [1.54, 1.807) is 0 Å². The van der Waals surface area contributed by atoms with Crippen LogP contribution in [-0.4, -0.2) is 19.1 Å². The van der Waals surface area contributed by atoms with E-state index in [0.717, 1.165) is 18.2 Å². The van der Waals surface area contributed by atoms with E-state index in [4.69, 9.17) is 20.8 Å². The first kappa shape index (κ1) is 19.8. The van der Waals surface area contributed by atoms with E-state index < -0.39 is 29.8 Å². The zero-order chi connectivity index (χ0) is 20.6. The van der Waals surface area contributed by atoms with Crippen LogP contribution in [0.15, 0.2) is 46.0 Å². The van der Waals surface area contributed by atoms with E-state index >= 15 is 0 Å². The van der Waals surface area contributed by atoms with Crippen molar-refractivity contribution < 1.29 is 31.9 Å². The molecular weight excluding hydrogens is 401 g/mol. The van der Waals surface area contributed by atoms with Gasteiger partial charge < -0.3 is 19.8 Å². The Balaban J connectivity index is 2.04. The lowest BCUT2D eigenvalue weighted by molar-refractivity contribution is -0.138. The minimum atomic E-state index is -4.55. The van der Waals surface area contributed by atoms with Gasteiger partial charge in [-0.25, -0.2) is 9.59 Å². The molecule has 1 atom stereocenters. The summed E-state index contributed by atoms with van der Waals surface area (Å²) in [6, 6.07) is 4.18. The third-order valence-corrected chi connectivity index (χ3v) is 4.47. The number of rotatable bonds is 3. The second-order valence-electron chi connectivity index (χ2n) is 5.96. The molecule has 0 saturated carbocycles. The van der Waals surface area contributed by atoms with Crippen molar-refractivity contribution in [2.24, 2.45) is 0 Å². The number of urea groups is 1. The van der Waals surface area contributed by atoms with E-state index in [9.17, 15) is 22.8 Å². The molecule has 3 rings (SSSR count). The molecule has 2 N–H and O–H groups in total. The predicted octanol–water partition coefficient (Wildman–Crippen LogP) is 4.42. The molecule has 2 heterocycles. The van der Waals surface area contributed by atoms with Gasteiger partial charge >= 0.3 is 18.2 Å². The number of hydrogen-bond acceptors (Lipinski definition) is 4. The van der Waals surface area contributed by atoms with E-state index in [-0.39, 0.29) is 33.4 Å². The minimum absolute atomic E-state index is 0.0309. The van der Waals surface area contributed by atoms with Gasteiger partial charge in [0.1, 0.15) is 17.6 Å². The summed E-state index contributed by atoms with van der Waals surface area (Å²) in [5.74, 6) is -0.496. The monoisotopic (exact) mass is 414 g/mol. The Morgan fingerprint density at radius 2 is 1.96 bits per heavy atom. The lowest BCUT2D eigenvalue weighted by Crippen LogP contribution is -2.45. The summed E-state index contributed by atoms with van der Waals surface area (Å²) in [5.41, 5.74) is -0.469. The summed E-state index contributed by atoms with van der Waals surface area (Å²) >= 11 is 6.03. The first-order valence-electron chi connectivity index (χ1n) is 7.95. The van der Waals surface area contributed by atoms with Gasteiger partial charge in [0.05, 0.1) is 23.3 Å². The molecule has 1 unspecified atom stereocenters. The number of carbonyl (C=O) groups is 2. The van der Waals surface area contributed by atoms with Gasteiger partial charge in [-0.05, 0) is 37.3 Å². The molecule has 2 amide bonds. The van der Waals surface area contributed by atoms with Crippen LogP contribution in [0.2, 0.25) is 5.02 Å². The topological polar surface area (TPSA) is 80.6 Å². The van der Waals surface area contributed by atoms with Crippen LogP contribution in [0, 0.1) is 0 Å². The van der Waals surface area contributed by atoms with Crippen molar-refractivity contribution >= 4 is 23.6 Å². The maximum atomic E-state index is 13.0. The molecule has 0 aliphatic carbocycles. The zero-order valence-corrected chi connectivity index (χ0v) is 15.4. The molecule has 1 aromatic carbocycles. The van der Waals surface area contributed by atoms with E-state index in [1.165, 1.54) is 26.2 Å². The van der Waals surface area contributed by atoms with Gasteiger partial charge in [0.2, 0.25) is 0 Å². The fourth-order valence-electron chi connectivity index (χ4n) is 2.83. The molecule has 28 heavy (non-hydrogen) atoms. The predicted molar refractivity (Wildman–Crippen MR) is 93.3 cm³/mol. The standard InChI is InChI=1S/C18H14ClF3N2O4/c1-8-14(16(25)27-2)15(24-17(26)23-8)13-6-5-12(28-13)10-7-9(18(20,21)22)3-4-11(10)19/h3-7,15H,1-2H3,(H2,23,24,26). The average Bonchev–Trinajstić information content (AvgIpc) is 3.09. The Morgan fingerprint density at radius 1 is 1.25 bits per heavy atom. The van der Waals surface area contributed by atoms with Crippen LogP contribution in [0.5, 0.6) is 0 Å². The van der Waals surface area contributed by atoms with Crippen molar-refractivity contribution in [1.29, 1.82) is 0 Å². The number of methoxy groups -OCH3 is 1. The minimum Gasteiger partial charge on any atom is -0.466 e. The molecule has 0 saturated heterocycles. The van der Waals surface area contributed by atoms with Crippen molar-refractivity contribution in [2.75, 3.05) is 7.11 Å². The number of benzene rings is 1. The molecule has 0 radical (unpaired) electrons. The SMILES string of the molecule is COC(=O)C1=C(C)NC(=O)NC1c1ccc(-c2cc(C(F)(F)F)ccc2Cl)o1. The number of alkyl halides is 3. The van der Waals surface area contributed by atoms with Crippen LogP contribution in [0.25, 0.3) is 11.3 Å². The Morgan fingerprint density at radius 3 is 2.61 bits per heavy atom. The molecule has 0 bridgehead atoms. The zero-order valence-electron chi connectivity index (χ0n) is 14.6. The normalized spacial score (nSPS) is 17.2. The third kappa shape index (κ3) is 3.70. The van der Waals surface area contributed by atoms with Crippen LogP contribution >= 0.6 is 11.6 Å². The Labute approximate surface area is 162 Å². The number of allylic oxidation sites excluding steroid dienone is 1. The number of ether oxygens (including phenoxy) is 1. The van der Waals surface area contributed by atoms with E-state index in [0.29, 0.717) is 0 Å². The van der Waals surface area contributed by atoms with Crippen LogP contribution in [0.3, 0.4) is 0 Å². The molecule has 1 aliphatic rings. The largest absolute Gasteiger partial charge is 0.466 e. The fourth-order valence-corrected chi connectivity index (χ4v) is 3.04.